The maximum absolute atomic E-state index is 12.6. The van der Waals surface area contributed by atoms with Crippen LogP contribution in [0.25, 0.3) is 0 Å². The fourth-order valence-corrected chi connectivity index (χ4v) is 4.87. The van der Waals surface area contributed by atoms with Crippen molar-refractivity contribution in [1.29, 1.82) is 0 Å². The smallest absolute Gasteiger partial charge is 0.253 e. The number of amides is 2. The van der Waals surface area contributed by atoms with Crippen LogP contribution in [0.4, 0.5) is 0 Å². The molecule has 0 spiro atoms. The van der Waals surface area contributed by atoms with Gasteiger partial charge >= 0.3 is 0 Å². The Labute approximate surface area is 159 Å². The van der Waals surface area contributed by atoms with E-state index in [0.29, 0.717) is 24.1 Å². The Kier molecular flexibility index (Phi) is 5.60. The molecule has 0 saturated carbocycles. The molecule has 0 aliphatic carbocycles. The van der Waals surface area contributed by atoms with Crippen LogP contribution in [0.5, 0.6) is 0 Å². The van der Waals surface area contributed by atoms with Gasteiger partial charge in [-0.15, -0.1) is 0 Å². The Morgan fingerprint density at radius 1 is 1.04 bits per heavy atom. The first kappa shape index (κ1) is 19.1. The molecular weight excluding hydrogens is 364 g/mol. The van der Waals surface area contributed by atoms with Crippen molar-refractivity contribution in [2.45, 2.75) is 19.0 Å². The molecule has 1 unspecified atom stereocenters. The summed E-state index contributed by atoms with van der Waals surface area (Å²) in [5.74, 6) is -0.327. The van der Waals surface area contributed by atoms with E-state index >= 15 is 0 Å². The lowest BCUT2D eigenvalue weighted by molar-refractivity contribution is 0.0747. The SMILES string of the molecule is CN(C(=O)c1ccc(C(=O)NCc2ccccc2)cc1)C1CCS(=O)(=O)C1. The van der Waals surface area contributed by atoms with Crippen LogP contribution in [0.3, 0.4) is 0 Å². The number of rotatable bonds is 5. The van der Waals surface area contributed by atoms with Crippen molar-refractivity contribution < 1.29 is 18.0 Å². The fraction of sp³-hybridized carbons (Fsp3) is 0.300. The van der Waals surface area contributed by atoms with Gasteiger partial charge in [0.25, 0.3) is 11.8 Å². The van der Waals surface area contributed by atoms with Crippen molar-refractivity contribution in [3.05, 3.63) is 71.3 Å². The first-order valence-electron chi connectivity index (χ1n) is 8.75. The largest absolute Gasteiger partial charge is 0.348 e. The van der Waals surface area contributed by atoms with Crippen molar-refractivity contribution in [3.8, 4) is 0 Å². The second-order valence-corrected chi connectivity index (χ2v) is 8.95. The van der Waals surface area contributed by atoms with Gasteiger partial charge in [-0.3, -0.25) is 9.59 Å². The minimum atomic E-state index is -3.05. The molecule has 27 heavy (non-hydrogen) atoms. The second kappa shape index (κ2) is 7.92. The van der Waals surface area contributed by atoms with Crippen LogP contribution >= 0.6 is 0 Å². The van der Waals surface area contributed by atoms with E-state index in [9.17, 15) is 18.0 Å². The summed E-state index contributed by atoms with van der Waals surface area (Å²) >= 11 is 0. The summed E-state index contributed by atoms with van der Waals surface area (Å²) in [5.41, 5.74) is 1.90. The van der Waals surface area contributed by atoms with Crippen LogP contribution in [0.15, 0.2) is 54.6 Å². The zero-order valence-corrected chi connectivity index (χ0v) is 15.9. The predicted molar refractivity (Wildman–Crippen MR) is 103 cm³/mol. The highest BCUT2D eigenvalue weighted by molar-refractivity contribution is 7.91. The van der Waals surface area contributed by atoms with Crippen molar-refractivity contribution in [1.82, 2.24) is 10.2 Å². The Morgan fingerprint density at radius 3 is 2.26 bits per heavy atom. The number of carbonyl (C=O) groups is 2. The molecule has 0 bridgehead atoms. The molecule has 0 radical (unpaired) electrons. The number of sulfone groups is 1. The normalized spacial score (nSPS) is 18.0. The third kappa shape index (κ3) is 4.74. The molecule has 1 aliphatic rings. The summed E-state index contributed by atoms with van der Waals surface area (Å²) in [7, 11) is -1.43. The van der Waals surface area contributed by atoms with E-state index in [1.165, 1.54) is 4.90 Å². The first-order chi connectivity index (χ1) is 12.9. The highest BCUT2D eigenvalue weighted by Crippen LogP contribution is 2.18. The molecule has 1 fully saturated rings. The molecule has 3 rings (SSSR count). The van der Waals surface area contributed by atoms with Gasteiger partial charge in [0.1, 0.15) is 0 Å². The van der Waals surface area contributed by atoms with E-state index in [2.05, 4.69) is 5.32 Å². The maximum Gasteiger partial charge on any atom is 0.253 e. The molecular formula is C20H22N2O4S. The molecule has 1 atom stereocenters. The number of carbonyl (C=O) groups excluding carboxylic acids is 2. The van der Waals surface area contributed by atoms with Crippen LogP contribution in [-0.2, 0) is 16.4 Å². The summed E-state index contributed by atoms with van der Waals surface area (Å²) in [6.07, 6.45) is 0.463. The number of hydrogen-bond donors (Lipinski definition) is 1. The van der Waals surface area contributed by atoms with Gasteiger partial charge in [0.05, 0.1) is 11.5 Å². The molecule has 0 aromatic heterocycles. The van der Waals surface area contributed by atoms with Gasteiger partial charge in [-0.1, -0.05) is 30.3 Å². The van der Waals surface area contributed by atoms with Gasteiger partial charge in [0.15, 0.2) is 9.84 Å². The zero-order valence-electron chi connectivity index (χ0n) is 15.1. The number of benzene rings is 2. The summed E-state index contributed by atoms with van der Waals surface area (Å²) in [5, 5.41) is 2.84. The molecule has 2 aromatic rings. The molecule has 2 amide bonds. The van der Waals surface area contributed by atoms with Crippen LogP contribution < -0.4 is 5.32 Å². The molecule has 1 saturated heterocycles. The summed E-state index contributed by atoms with van der Waals surface area (Å²) < 4.78 is 23.2. The average Bonchev–Trinajstić information content (AvgIpc) is 3.05. The summed E-state index contributed by atoms with van der Waals surface area (Å²) in [6, 6.07) is 15.7. The predicted octanol–water partition coefficient (Wildman–Crippen LogP) is 1.88. The standard InChI is InChI=1S/C20H22N2O4S/c1-22(18-11-12-27(25,26)14-18)20(24)17-9-7-16(8-10-17)19(23)21-13-15-5-3-2-4-6-15/h2-10,18H,11-14H2,1H3,(H,21,23). The Hall–Kier alpha value is -2.67. The van der Waals surface area contributed by atoms with Crippen molar-refractivity contribution in [2.75, 3.05) is 18.6 Å². The van der Waals surface area contributed by atoms with E-state index in [4.69, 9.17) is 0 Å². The van der Waals surface area contributed by atoms with Crippen molar-refractivity contribution in [3.63, 3.8) is 0 Å². The summed E-state index contributed by atoms with van der Waals surface area (Å²) in [6.45, 7) is 0.430. The topological polar surface area (TPSA) is 83.6 Å². The Morgan fingerprint density at radius 2 is 1.67 bits per heavy atom. The van der Waals surface area contributed by atoms with Crippen LogP contribution in [0, 0.1) is 0 Å². The van der Waals surface area contributed by atoms with E-state index in [-0.39, 0.29) is 29.4 Å². The lowest BCUT2D eigenvalue weighted by atomic mass is 10.1. The van der Waals surface area contributed by atoms with Gasteiger partial charge in [0, 0.05) is 30.8 Å². The molecule has 2 aromatic carbocycles. The monoisotopic (exact) mass is 386 g/mol. The first-order valence-corrected chi connectivity index (χ1v) is 10.6. The van der Waals surface area contributed by atoms with E-state index in [1.807, 2.05) is 30.3 Å². The molecule has 142 valence electrons. The molecule has 6 nitrogen and oxygen atoms in total. The quantitative estimate of drug-likeness (QED) is 0.850. The lowest BCUT2D eigenvalue weighted by Gasteiger charge is -2.23. The minimum Gasteiger partial charge on any atom is -0.348 e. The zero-order chi connectivity index (χ0) is 19.4. The Bertz CT molecular complexity index is 924. The van der Waals surface area contributed by atoms with Gasteiger partial charge in [0.2, 0.25) is 0 Å². The molecule has 1 aliphatic heterocycles. The third-order valence-electron chi connectivity index (χ3n) is 4.77. The second-order valence-electron chi connectivity index (χ2n) is 6.72. The van der Waals surface area contributed by atoms with Crippen LogP contribution in [-0.4, -0.2) is 49.7 Å². The van der Waals surface area contributed by atoms with Crippen LogP contribution in [0.1, 0.15) is 32.7 Å². The van der Waals surface area contributed by atoms with Gasteiger partial charge in [-0.05, 0) is 36.2 Å². The van der Waals surface area contributed by atoms with Gasteiger partial charge in [-0.2, -0.15) is 0 Å². The average molecular weight is 386 g/mol. The van der Waals surface area contributed by atoms with Gasteiger partial charge < -0.3 is 10.2 Å². The number of hydrogen-bond acceptors (Lipinski definition) is 4. The lowest BCUT2D eigenvalue weighted by Crippen LogP contribution is -2.37. The maximum atomic E-state index is 12.6. The fourth-order valence-electron chi connectivity index (χ4n) is 3.09. The van der Waals surface area contributed by atoms with Crippen LogP contribution in [0.2, 0.25) is 0 Å². The highest BCUT2D eigenvalue weighted by Gasteiger charge is 2.33. The van der Waals surface area contributed by atoms with E-state index in [1.54, 1.807) is 31.3 Å². The third-order valence-corrected chi connectivity index (χ3v) is 6.52. The Balaban J connectivity index is 1.60. The molecule has 1 heterocycles. The van der Waals surface area contributed by atoms with Crippen molar-refractivity contribution in [2.24, 2.45) is 0 Å². The number of nitrogens with zero attached hydrogens (tertiary/aromatic N) is 1. The van der Waals surface area contributed by atoms with Crippen molar-refractivity contribution >= 4 is 21.7 Å². The highest BCUT2D eigenvalue weighted by atomic mass is 32.2. The number of nitrogens with one attached hydrogen (secondary N) is 1. The van der Waals surface area contributed by atoms with Gasteiger partial charge in [-0.25, -0.2) is 8.42 Å². The molecule has 1 N–H and O–H groups in total. The van der Waals surface area contributed by atoms with E-state index < -0.39 is 9.84 Å². The minimum absolute atomic E-state index is 0.00914. The summed E-state index contributed by atoms with van der Waals surface area (Å²) in [4.78, 5) is 26.3. The van der Waals surface area contributed by atoms with E-state index in [0.717, 1.165) is 5.56 Å². The molecule has 7 heteroatoms.